The molecule has 1 amide bonds. The summed E-state index contributed by atoms with van der Waals surface area (Å²) < 4.78 is 14.8. The Balaban J connectivity index is 0. The summed E-state index contributed by atoms with van der Waals surface area (Å²) in [4.78, 5) is 8.78. The number of rotatable bonds is 3. The Kier molecular flexibility index (Phi) is 8.17. The average molecular weight is 197 g/mol. The molecule has 0 spiro atoms. The molecule has 0 aliphatic carbocycles. The van der Waals surface area contributed by atoms with Crippen LogP contribution in [0.25, 0.3) is 0 Å². The molecule has 0 aromatic carbocycles. The third kappa shape index (κ3) is 9.37. The normalized spacial score (nSPS) is 10.0. The molecule has 6 nitrogen and oxygen atoms in total. The van der Waals surface area contributed by atoms with Crippen molar-refractivity contribution in [3.63, 3.8) is 0 Å². The first kappa shape index (κ1) is 13.9. The van der Waals surface area contributed by atoms with E-state index in [-0.39, 0.29) is 0 Å². The van der Waals surface area contributed by atoms with Crippen molar-refractivity contribution in [2.75, 3.05) is 21.3 Å². The van der Waals surface area contributed by atoms with Crippen LogP contribution in [0.1, 0.15) is 0 Å². The molecule has 0 fully saturated rings. The fourth-order valence-electron chi connectivity index (χ4n) is 0.250. The van der Waals surface area contributed by atoms with Gasteiger partial charge in [-0.15, -0.1) is 0 Å². The molecule has 0 rings (SSSR count). The Morgan fingerprint density at radius 2 is 1.42 bits per heavy atom. The Morgan fingerprint density at radius 1 is 1.25 bits per heavy atom. The molecule has 12 heavy (non-hydrogen) atoms. The largest absolute Gasteiger partial charge is 0.496 e. The van der Waals surface area contributed by atoms with Crippen LogP contribution in [0.5, 0.6) is 0 Å². The second-order valence-corrected chi connectivity index (χ2v) is 4.76. The minimum absolute atomic E-state index is 1.33. The Morgan fingerprint density at radius 3 is 1.42 bits per heavy atom. The highest BCUT2D eigenvalue weighted by atomic mass is 28.4. The molecule has 0 unspecified atom stereocenters. The maximum absolute atomic E-state index is 8.78. The van der Waals surface area contributed by atoms with Gasteiger partial charge in [0.25, 0.3) is 0 Å². The van der Waals surface area contributed by atoms with E-state index in [0.29, 0.717) is 0 Å². The summed E-state index contributed by atoms with van der Waals surface area (Å²) in [6, 6.07) is 0. The van der Waals surface area contributed by atoms with Crippen LogP contribution in [0, 0.1) is 0 Å². The Labute approximate surface area is 72.6 Å². The van der Waals surface area contributed by atoms with Gasteiger partial charge in [0.15, 0.2) is 0 Å². The Bertz CT molecular complexity index is 115. The third-order valence-corrected chi connectivity index (χ3v) is 3.34. The maximum Gasteiger partial charge on any atom is 0.496 e. The van der Waals surface area contributed by atoms with Crippen LogP contribution >= 0.6 is 0 Å². The molecule has 0 saturated carbocycles. The molecule has 3 N–H and O–H groups in total. The highest BCUT2D eigenvalue weighted by Crippen LogP contribution is 2.02. The topological polar surface area (TPSA) is 91.0 Å². The summed E-state index contributed by atoms with van der Waals surface area (Å²) in [5.74, 6) is 0. The Hall–Kier alpha value is -0.633. The fourth-order valence-corrected chi connectivity index (χ4v) is 0.750. The van der Waals surface area contributed by atoms with Crippen LogP contribution in [-0.4, -0.2) is 41.3 Å². The van der Waals surface area contributed by atoms with E-state index in [4.69, 9.17) is 23.2 Å². The minimum atomic E-state index is -2.17. The van der Waals surface area contributed by atoms with Gasteiger partial charge in [0.1, 0.15) is 0 Å². The first-order chi connectivity index (χ1) is 5.41. The molecule has 7 heteroatoms. The van der Waals surface area contributed by atoms with Crippen LogP contribution in [-0.2, 0) is 13.3 Å². The zero-order valence-electron chi connectivity index (χ0n) is 7.66. The van der Waals surface area contributed by atoms with Gasteiger partial charge in [-0.2, -0.15) is 0 Å². The summed E-state index contributed by atoms with van der Waals surface area (Å²) in [5.41, 5.74) is 4.03. The quantitative estimate of drug-likeness (QED) is 0.627. The molecule has 0 saturated heterocycles. The summed E-state index contributed by atoms with van der Waals surface area (Å²) >= 11 is 0. The van der Waals surface area contributed by atoms with Crippen molar-refractivity contribution < 1.29 is 23.2 Å². The van der Waals surface area contributed by atoms with Gasteiger partial charge < -0.3 is 24.1 Å². The maximum atomic E-state index is 8.78. The lowest BCUT2D eigenvalue weighted by Crippen LogP contribution is -2.38. The fraction of sp³-hybridized carbons (Fsp3) is 0.800. The van der Waals surface area contributed by atoms with Crippen molar-refractivity contribution >= 4 is 14.9 Å². The van der Waals surface area contributed by atoms with Gasteiger partial charge in [0.2, 0.25) is 0 Å². The number of hydrogen-bond donors (Lipinski definition) is 2. The monoisotopic (exact) mass is 197 g/mol. The number of nitrogens with two attached hydrogens (primary N) is 1. The highest BCUT2D eigenvalue weighted by Gasteiger charge is 2.29. The van der Waals surface area contributed by atoms with Gasteiger partial charge in [-0.3, -0.25) is 0 Å². The van der Waals surface area contributed by atoms with E-state index in [1.165, 1.54) is 0 Å². The SMILES string of the molecule is CO[Si](C)(OC)OC.NC(=O)O. The van der Waals surface area contributed by atoms with E-state index in [1.54, 1.807) is 21.3 Å². The molecule has 0 atom stereocenters. The zero-order valence-corrected chi connectivity index (χ0v) is 8.66. The van der Waals surface area contributed by atoms with Crippen molar-refractivity contribution in [2.24, 2.45) is 5.73 Å². The van der Waals surface area contributed by atoms with Crippen LogP contribution in [0.4, 0.5) is 4.79 Å². The van der Waals surface area contributed by atoms with E-state index in [9.17, 15) is 0 Å². The molecule has 0 aliphatic rings. The van der Waals surface area contributed by atoms with Crippen LogP contribution in [0.2, 0.25) is 6.55 Å². The average Bonchev–Trinajstić information content (AvgIpc) is 2.02. The zero-order chi connectivity index (χ0) is 10.2. The number of primary amides is 1. The molecular weight excluding hydrogens is 182 g/mol. The summed E-state index contributed by atoms with van der Waals surface area (Å²) in [7, 11) is 2.58. The van der Waals surface area contributed by atoms with Crippen LogP contribution < -0.4 is 5.73 Å². The number of carbonyl (C=O) groups is 1. The van der Waals surface area contributed by atoms with Crippen molar-refractivity contribution in [3.8, 4) is 0 Å². The summed E-state index contributed by atoms with van der Waals surface area (Å²) in [5, 5.41) is 7.19. The van der Waals surface area contributed by atoms with Crippen molar-refractivity contribution in [2.45, 2.75) is 6.55 Å². The first-order valence-electron chi connectivity index (χ1n) is 3.05. The lowest BCUT2D eigenvalue weighted by atomic mass is 11.3. The standard InChI is InChI=1S/C4H12O3Si.CH3NO2/c1-5-8(4,6-2)7-3;2-1(3)4/h1-4H3;2H2,(H,3,4). The molecule has 0 bridgehead atoms. The molecule has 74 valence electrons. The van der Waals surface area contributed by atoms with Crippen LogP contribution in [0.3, 0.4) is 0 Å². The molecular formula is C5H15NO5Si. The second kappa shape index (κ2) is 7.04. The second-order valence-electron chi connectivity index (χ2n) is 1.81. The first-order valence-corrected chi connectivity index (χ1v) is 5.28. The molecule has 0 aromatic rings. The predicted molar refractivity (Wildman–Crippen MR) is 44.9 cm³/mol. The van der Waals surface area contributed by atoms with Crippen LogP contribution in [0.15, 0.2) is 0 Å². The molecule has 0 heterocycles. The lowest BCUT2D eigenvalue weighted by molar-refractivity contribution is 0.132. The third-order valence-electron chi connectivity index (χ3n) is 1.11. The van der Waals surface area contributed by atoms with E-state index >= 15 is 0 Å². The van der Waals surface area contributed by atoms with Gasteiger partial charge >= 0.3 is 14.9 Å². The van der Waals surface area contributed by atoms with E-state index in [2.05, 4.69) is 5.73 Å². The summed E-state index contributed by atoms with van der Waals surface area (Å²) in [6.45, 7) is 1.83. The predicted octanol–water partition coefficient (Wildman–Crippen LogP) is 0.117. The van der Waals surface area contributed by atoms with Gasteiger partial charge in [-0.25, -0.2) is 4.79 Å². The van der Waals surface area contributed by atoms with Gasteiger partial charge in [0, 0.05) is 27.9 Å². The van der Waals surface area contributed by atoms with Crippen molar-refractivity contribution in [1.29, 1.82) is 0 Å². The number of carboxylic acid groups (broad SMARTS) is 1. The van der Waals surface area contributed by atoms with E-state index in [0.717, 1.165) is 0 Å². The van der Waals surface area contributed by atoms with Gasteiger partial charge in [-0.1, -0.05) is 0 Å². The molecule has 0 aliphatic heterocycles. The van der Waals surface area contributed by atoms with Crippen molar-refractivity contribution in [1.82, 2.24) is 0 Å². The van der Waals surface area contributed by atoms with Crippen molar-refractivity contribution in [3.05, 3.63) is 0 Å². The molecule has 0 aromatic heterocycles. The number of hydrogen-bond acceptors (Lipinski definition) is 4. The van der Waals surface area contributed by atoms with Gasteiger partial charge in [0.05, 0.1) is 0 Å². The van der Waals surface area contributed by atoms with Gasteiger partial charge in [-0.05, 0) is 0 Å². The van der Waals surface area contributed by atoms with E-state index in [1.807, 2.05) is 6.55 Å². The smallest absolute Gasteiger partial charge is 0.465 e. The van der Waals surface area contributed by atoms with E-state index < -0.39 is 14.9 Å². The number of amides is 1. The minimum Gasteiger partial charge on any atom is -0.465 e. The summed E-state index contributed by atoms with van der Waals surface area (Å²) in [6.07, 6.45) is -1.33. The molecule has 0 radical (unpaired) electrons. The lowest BCUT2D eigenvalue weighted by Gasteiger charge is -2.18. The highest BCUT2D eigenvalue weighted by molar-refractivity contribution is 6.58.